The van der Waals surface area contributed by atoms with Gasteiger partial charge < -0.3 is 10.5 Å². The number of methoxy groups -OCH3 is 1. The molecule has 0 aliphatic carbocycles. The lowest BCUT2D eigenvalue weighted by atomic mass is 10.1. The molecule has 0 bridgehead atoms. The van der Waals surface area contributed by atoms with Crippen LogP contribution in [0.4, 0.5) is 4.39 Å². The molecule has 0 amide bonds. The minimum absolute atomic E-state index is 0.147. The molecule has 1 unspecified atom stereocenters. The quantitative estimate of drug-likeness (QED) is 0.747. The fraction of sp³-hybridized carbons (Fsp3) is 0.222. The van der Waals surface area contributed by atoms with Gasteiger partial charge in [-0.15, -0.1) is 0 Å². The first-order valence-electron chi connectivity index (χ1n) is 3.67. The van der Waals surface area contributed by atoms with Crippen LogP contribution in [-0.4, -0.2) is 7.11 Å². The Morgan fingerprint density at radius 3 is 2.77 bits per heavy atom. The molecule has 68 valence electrons. The molecule has 2 N–H and O–H groups in total. The lowest BCUT2D eigenvalue weighted by Crippen LogP contribution is -2.07. The van der Waals surface area contributed by atoms with Crippen LogP contribution in [-0.2, 0) is 0 Å². The van der Waals surface area contributed by atoms with Gasteiger partial charge >= 0.3 is 0 Å². The predicted octanol–water partition coefficient (Wildman–Crippen LogP) is 1.36. The molecule has 0 aromatic heterocycles. The number of hydrogen-bond donors (Lipinski definition) is 1. The summed E-state index contributed by atoms with van der Waals surface area (Å²) in [6.07, 6.45) is 0. The lowest BCUT2D eigenvalue weighted by molar-refractivity contribution is 0.386. The zero-order chi connectivity index (χ0) is 9.84. The minimum atomic E-state index is -0.791. The predicted molar refractivity (Wildman–Crippen MR) is 45.5 cm³/mol. The van der Waals surface area contributed by atoms with Gasteiger partial charge in [-0.1, -0.05) is 6.07 Å². The second-order valence-corrected chi connectivity index (χ2v) is 2.50. The van der Waals surface area contributed by atoms with Crippen LogP contribution in [0.2, 0.25) is 0 Å². The van der Waals surface area contributed by atoms with E-state index in [4.69, 9.17) is 15.7 Å². The molecular weight excluding hydrogens is 171 g/mol. The van der Waals surface area contributed by atoms with Gasteiger partial charge in [0.05, 0.1) is 13.2 Å². The average molecular weight is 180 g/mol. The Kier molecular flexibility index (Phi) is 2.83. The Morgan fingerprint density at radius 2 is 2.31 bits per heavy atom. The van der Waals surface area contributed by atoms with Gasteiger partial charge in [-0.3, -0.25) is 0 Å². The largest absolute Gasteiger partial charge is 0.494 e. The second kappa shape index (κ2) is 3.87. The molecule has 0 aliphatic heterocycles. The second-order valence-electron chi connectivity index (χ2n) is 2.50. The fourth-order valence-electron chi connectivity index (χ4n) is 0.951. The van der Waals surface area contributed by atoms with Crippen LogP contribution < -0.4 is 10.5 Å². The average Bonchev–Trinajstić information content (AvgIpc) is 2.16. The summed E-state index contributed by atoms with van der Waals surface area (Å²) in [4.78, 5) is 0. The summed E-state index contributed by atoms with van der Waals surface area (Å²) in [6, 6.07) is 5.24. The number of ether oxygens (including phenoxy) is 1. The van der Waals surface area contributed by atoms with E-state index in [9.17, 15) is 4.39 Å². The molecule has 1 aromatic carbocycles. The molecule has 1 atom stereocenters. The molecular formula is C9H9FN2O. The molecule has 0 radical (unpaired) electrons. The first-order chi connectivity index (χ1) is 6.19. The molecule has 0 fully saturated rings. The highest BCUT2D eigenvalue weighted by Crippen LogP contribution is 2.20. The molecule has 3 nitrogen and oxygen atoms in total. The van der Waals surface area contributed by atoms with E-state index < -0.39 is 11.9 Å². The highest BCUT2D eigenvalue weighted by atomic mass is 19.1. The number of nitrogens with zero attached hydrogens (tertiary/aromatic N) is 1. The van der Waals surface area contributed by atoms with Crippen molar-refractivity contribution in [3.63, 3.8) is 0 Å². The Hall–Kier alpha value is -1.60. The van der Waals surface area contributed by atoms with E-state index in [1.54, 1.807) is 6.07 Å². The topological polar surface area (TPSA) is 59.0 Å². The number of benzene rings is 1. The third-order valence-electron chi connectivity index (χ3n) is 1.67. The van der Waals surface area contributed by atoms with Crippen molar-refractivity contribution in [1.82, 2.24) is 0 Å². The fourth-order valence-corrected chi connectivity index (χ4v) is 0.951. The van der Waals surface area contributed by atoms with E-state index in [2.05, 4.69) is 0 Å². The van der Waals surface area contributed by atoms with Gasteiger partial charge in [0.1, 0.15) is 6.04 Å². The normalized spacial score (nSPS) is 11.8. The van der Waals surface area contributed by atoms with E-state index in [0.717, 1.165) is 0 Å². The monoisotopic (exact) mass is 180 g/mol. The third kappa shape index (κ3) is 1.95. The van der Waals surface area contributed by atoms with Crippen LogP contribution in [0, 0.1) is 17.1 Å². The summed E-state index contributed by atoms with van der Waals surface area (Å²) < 4.78 is 17.8. The molecule has 4 heteroatoms. The standard InChI is InChI=1S/C9H9FN2O/c1-13-9-3-2-6(4-7(9)10)8(12)5-11/h2-4,8H,12H2,1H3. The summed E-state index contributed by atoms with van der Waals surface area (Å²) in [6.45, 7) is 0. The maximum absolute atomic E-state index is 13.1. The first kappa shape index (κ1) is 9.49. The molecule has 13 heavy (non-hydrogen) atoms. The van der Waals surface area contributed by atoms with Crippen molar-refractivity contribution in [1.29, 1.82) is 5.26 Å². The SMILES string of the molecule is COc1ccc(C(N)C#N)cc1F. The molecule has 0 heterocycles. The Balaban J connectivity index is 3.04. The maximum atomic E-state index is 13.1. The van der Waals surface area contributed by atoms with E-state index in [1.165, 1.54) is 19.2 Å². The van der Waals surface area contributed by atoms with Gasteiger partial charge in [0.15, 0.2) is 11.6 Å². The van der Waals surface area contributed by atoms with Crippen LogP contribution in [0.3, 0.4) is 0 Å². The molecule has 0 aliphatic rings. The van der Waals surface area contributed by atoms with Crippen molar-refractivity contribution in [2.75, 3.05) is 7.11 Å². The van der Waals surface area contributed by atoms with Crippen molar-refractivity contribution >= 4 is 0 Å². The number of rotatable bonds is 2. The van der Waals surface area contributed by atoms with Gasteiger partial charge in [-0.25, -0.2) is 4.39 Å². The van der Waals surface area contributed by atoms with Gasteiger partial charge in [0.2, 0.25) is 0 Å². The van der Waals surface area contributed by atoms with Crippen molar-refractivity contribution in [2.45, 2.75) is 6.04 Å². The summed E-state index contributed by atoms with van der Waals surface area (Å²) in [5.74, 6) is -0.361. The number of nitriles is 1. The van der Waals surface area contributed by atoms with E-state index in [0.29, 0.717) is 5.56 Å². The minimum Gasteiger partial charge on any atom is -0.494 e. The van der Waals surface area contributed by atoms with Crippen LogP contribution in [0.5, 0.6) is 5.75 Å². The van der Waals surface area contributed by atoms with Crippen molar-refractivity contribution in [3.05, 3.63) is 29.6 Å². The van der Waals surface area contributed by atoms with Gasteiger partial charge in [0.25, 0.3) is 0 Å². The third-order valence-corrected chi connectivity index (χ3v) is 1.67. The van der Waals surface area contributed by atoms with Crippen LogP contribution in [0.25, 0.3) is 0 Å². The number of nitrogens with two attached hydrogens (primary N) is 1. The molecule has 1 rings (SSSR count). The summed E-state index contributed by atoms with van der Waals surface area (Å²) in [5.41, 5.74) is 5.83. The van der Waals surface area contributed by atoms with E-state index >= 15 is 0 Å². The molecule has 0 saturated carbocycles. The van der Waals surface area contributed by atoms with Crippen molar-refractivity contribution < 1.29 is 9.13 Å². The van der Waals surface area contributed by atoms with Gasteiger partial charge in [-0.2, -0.15) is 5.26 Å². The van der Waals surface area contributed by atoms with Crippen LogP contribution >= 0.6 is 0 Å². The zero-order valence-electron chi connectivity index (χ0n) is 7.12. The molecule has 0 spiro atoms. The molecule has 1 aromatic rings. The van der Waals surface area contributed by atoms with Crippen LogP contribution in [0.15, 0.2) is 18.2 Å². The zero-order valence-corrected chi connectivity index (χ0v) is 7.12. The highest BCUT2D eigenvalue weighted by molar-refractivity contribution is 5.32. The smallest absolute Gasteiger partial charge is 0.165 e. The Morgan fingerprint density at radius 1 is 1.62 bits per heavy atom. The van der Waals surface area contributed by atoms with Crippen molar-refractivity contribution in [3.8, 4) is 11.8 Å². The summed E-state index contributed by atoms with van der Waals surface area (Å²) in [7, 11) is 1.38. The van der Waals surface area contributed by atoms with E-state index in [-0.39, 0.29) is 5.75 Å². The van der Waals surface area contributed by atoms with Gasteiger partial charge in [0, 0.05) is 0 Å². The van der Waals surface area contributed by atoms with E-state index in [1.807, 2.05) is 6.07 Å². The van der Waals surface area contributed by atoms with Crippen LogP contribution in [0.1, 0.15) is 11.6 Å². The summed E-state index contributed by atoms with van der Waals surface area (Å²) in [5, 5.41) is 8.48. The number of hydrogen-bond acceptors (Lipinski definition) is 3. The molecule has 0 saturated heterocycles. The lowest BCUT2D eigenvalue weighted by Gasteiger charge is -2.05. The first-order valence-corrected chi connectivity index (χ1v) is 3.67. The maximum Gasteiger partial charge on any atom is 0.165 e. The summed E-state index contributed by atoms with van der Waals surface area (Å²) >= 11 is 0. The Labute approximate surface area is 75.5 Å². The van der Waals surface area contributed by atoms with Crippen molar-refractivity contribution in [2.24, 2.45) is 5.73 Å². The number of halogens is 1. The Bertz CT molecular complexity index is 346. The van der Waals surface area contributed by atoms with Gasteiger partial charge in [-0.05, 0) is 17.7 Å². The highest BCUT2D eigenvalue weighted by Gasteiger charge is 2.08.